The van der Waals surface area contributed by atoms with Crippen molar-refractivity contribution in [2.45, 2.75) is 65.5 Å². The van der Waals surface area contributed by atoms with Crippen molar-refractivity contribution in [1.82, 2.24) is 4.90 Å². The van der Waals surface area contributed by atoms with Gasteiger partial charge in [-0.1, -0.05) is 51.5 Å². The SMILES string of the molecule is CCCCN(C(C)CC)C(CN)c1ccccc1CC. The summed E-state index contributed by atoms with van der Waals surface area (Å²) in [6.45, 7) is 10.9. The van der Waals surface area contributed by atoms with Gasteiger partial charge in [-0.2, -0.15) is 0 Å². The highest BCUT2D eigenvalue weighted by Crippen LogP contribution is 2.27. The van der Waals surface area contributed by atoms with Crippen LogP contribution in [0, 0.1) is 0 Å². The maximum absolute atomic E-state index is 6.15. The Hall–Kier alpha value is -0.860. The van der Waals surface area contributed by atoms with Gasteiger partial charge in [0.15, 0.2) is 0 Å². The molecular formula is C18H32N2. The number of unbranched alkanes of at least 4 members (excludes halogenated alkanes) is 1. The molecule has 0 bridgehead atoms. The Morgan fingerprint density at radius 1 is 1.15 bits per heavy atom. The molecule has 2 heteroatoms. The predicted molar refractivity (Wildman–Crippen MR) is 89.0 cm³/mol. The molecule has 2 atom stereocenters. The molecule has 2 N–H and O–H groups in total. The largest absolute Gasteiger partial charge is 0.329 e. The normalized spacial score (nSPS) is 14.5. The van der Waals surface area contributed by atoms with Crippen LogP contribution < -0.4 is 5.73 Å². The Labute approximate surface area is 125 Å². The van der Waals surface area contributed by atoms with Crippen LogP contribution in [0.15, 0.2) is 24.3 Å². The number of benzene rings is 1. The molecule has 0 saturated carbocycles. The molecule has 0 aromatic heterocycles. The van der Waals surface area contributed by atoms with Gasteiger partial charge in [-0.05, 0) is 43.9 Å². The number of nitrogens with zero attached hydrogens (tertiary/aromatic N) is 1. The van der Waals surface area contributed by atoms with Crippen molar-refractivity contribution in [1.29, 1.82) is 0 Å². The van der Waals surface area contributed by atoms with E-state index in [1.165, 1.54) is 30.4 Å². The lowest BCUT2D eigenvalue weighted by molar-refractivity contribution is 0.140. The monoisotopic (exact) mass is 276 g/mol. The number of aryl methyl sites for hydroxylation is 1. The molecule has 114 valence electrons. The predicted octanol–water partition coefficient (Wildman–Crippen LogP) is 4.15. The molecular weight excluding hydrogens is 244 g/mol. The van der Waals surface area contributed by atoms with Crippen LogP contribution in [0.2, 0.25) is 0 Å². The third-order valence-corrected chi connectivity index (χ3v) is 4.35. The molecule has 0 aliphatic carbocycles. The van der Waals surface area contributed by atoms with E-state index in [1.54, 1.807) is 0 Å². The van der Waals surface area contributed by atoms with Crippen LogP contribution in [0.25, 0.3) is 0 Å². The average molecular weight is 276 g/mol. The summed E-state index contributed by atoms with van der Waals surface area (Å²) >= 11 is 0. The lowest BCUT2D eigenvalue weighted by Gasteiger charge is -2.37. The van der Waals surface area contributed by atoms with Gasteiger partial charge in [-0.15, -0.1) is 0 Å². The van der Waals surface area contributed by atoms with Crippen molar-refractivity contribution in [3.05, 3.63) is 35.4 Å². The second-order valence-corrected chi connectivity index (χ2v) is 5.65. The maximum atomic E-state index is 6.15. The van der Waals surface area contributed by atoms with Crippen molar-refractivity contribution in [3.8, 4) is 0 Å². The molecule has 0 aliphatic rings. The molecule has 1 rings (SSSR count). The van der Waals surface area contributed by atoms with E-state index < -0.39 is 0 Å². The summed E-state index contributed by atoms with van der Waals surface area (Å²) in [5.41, 5.74) is 9.01. The molecule has 0 fully saturated rings. The van der Waals surface area contributed by atoms with Crippen molar-refractivity contribution >= 4 is 0 Å². The zero-order chi connectivity index (χ0) is 15.0. The van der Waals surface area contributed by atoms with E-state index in [0.717, 1.165) is 13.0 Å². The summed E-state index contributed by atoms with van der Waals surface area (Å²) in [6.07, 6.45) is 4.73. The second kappa shape index (κ2) is 9.15. The third kappa shape index (κ3) is 4.32. The number of rotatable bonds is 9. The zero-order valence-corrected chi connectivity index (χ0v) is 13.7. The lowest BCUT2D eigenvalue weighted by atomic mass is 9.95. The minimum absolute atomic E-state index is 0.354. The molecule has 0 heterocycles. The van der Waals surface area contributed by atoms with Gasteiger partial charge in [-0.25, -0.2) is 0 Å². The fraction of sp³-hybridized carbons (Fsp3) is 0.667. The molecule has 0 aliphatic heterocycles. The van der Waals surface area contributed by atoms with Crippen LogP contribution in [-0.4, -0.2) is 24.0 Å². The molecule has 2 nitrogen and oxygen atoms in total. The highest BCUT2D eigenvalue weighted by Gasteiger charge is 2.23. The summed E-state index contributed by atoms with van der Waals surface area (Å²) in [5.74, 6) is 0. The Bertz CT molecular complexity index is 375. The summed E-state index contributed by atoms with van der Waals surface area (Å²) < 4.78 is 0. The van der Waals surface area contributed by atoms with Crippen LogP contribution in [0.3, 0.4) is 0 Å². The first-order valence-corrected chi connectivity index (χ1v) is 8.23. The Balaban J connectivity index is 3.04. The van der Waals surface area contributed by atoms with Gasteiger partial charge < -0.3 is 5.73 Å². The minimum Gasteiger partial charge on any atom is -0.329 e. The fourth-order valence-corrected chi connectivity index (χ4v) is 2.88. The van der Waals surface area contributed by atoms with E-state index in [1.807, 2.05) is 0 Å². The molecule has 2 unspecified atom stereocenters. The second-order valence-electron chi connectivity index (χ2n) is 5.65. The van der Waals surface area contributed by atoms with Crippen molar-refractivity contribution in [2.75, 3.05) is 13.1 Å². The van der Waals surface area contributed by atoms with Gasteiger partial charge in [0.2, 0.25) is 0 Å². The fourth-order valence-electron chi connectivity index (χ4n) is 2.88. The van der Waals surface area contributed by atoms with Gasteiger partial charge in [0.25, 0.3) is 0 Å². The first-order valence-electron chi connectivity index (χ1n) is 8.23. The number of nitrogens with two attached hydrogens (primary N) is 1. The minimum atomic E-state index is 0.354. The topological polar surface area (TPSA) is 29.3 Å². The first-order chi connectivity index (χ1) is 9.69. The van der Waals surface area contributed by atoms with Crippen LogP contribution in [0.1, 0.15) is 64.1 Å². The Morgan fingerprint density at radius 3 is 2.40 bits per heavy atom. The van der Waals surface area contributed by atoms with Gasteiger partial charge in [0.1, 0.15) is 0 Å². The molecule has 1 aromatic carbocycles. The van der Waals surface area contributed by atoms with Gasteiger partial charge in [0, 0.05) is 18.6 Å². The van der Waals surface area contributed by atoms with E-state index in [9.17, 15) is 0 Å². The van der Waals surface area contributed by atoms with Gasteiger partial charge in [-0.3, -0.25) is 4.90 Å². The Morgan fingerprint density at radius 2 is 1.85 bits per heavy atom. The van der Waals surface area contributed by atoms with Crippen LogP contribution in [-0.2, 0) is 6.42 Å². The lowest BCUT2D eigenvalue weighted by Crippen LogP contribution is -2.40. The summed E-state index contributed by atoms with van der Waals surface area (Å²) in [5, 5.41) is 0. The van der Waals surface area contributed by atoms with E-state index in [0.29, 0.717) is 18.6 Å². The molecule has 0 spiro atoms. The summed E-state index contributed by atoms with van der Waals surface area (Å²) in [7, 11) is 0. The maximum Gasteiger partial charge on any atom is 0.0475 e. The summed E-state index contributed by atoms with van der Waals surface area (Å²) in [4.78, 5) is 2.61. The van der Waals surface area contributed by atoms with Gasteiger partial charge >= 0.3 is 0 Å². The van der Waals surface area contributed by atoms with E-state index in [2.05, 4.69) is 56.9 Å². The highest BCUT2D eigenvalue weighted by molar-refractivity contribution is 5.30. The van der Waals surface area contributed by atoms with E-state index in [4.69, 9.17) is 5.73 Å². The van der Waals surface area contributed by atoms with Crippen molar-refractivity contribution in [2.24, 2.45) is 5.73 Å². The zero-order valence-electron chi connectivity index (χ0n) is 13.7. The quantitative estimate of drug-likeness (QED) is 0.734. The smallest absolute Gasteiger partial charge is 0.0475 e. The highest BCUT2D eigenvalue weighted by atomic mass is 15.2. The van der Waals surface area contributed by atoms with Crippen molar-refractivity contribution in [3.63, 3.8) is 0 Å². The molecule has 0 amide bonds. The standard InChI is InChI=1S/C18H32N2/c1-5-8-13-20(15(4)6-2)18(14-19)17-12-10-9-11-16(17)7-3/h9-12,15,18H,5-8,13-14,19H2,1-4H3. The van der Waals surface area contributed by atoms with Crippen molar-refractivity contribution < 1.29 is 0 Å². The van der Waals surface area contributed by atoms with Gasteiger partial charge in [0.05, 0.1) is 0 Å². The summed E-state index contributed by atoms with van der Waals surface area (Å²) in [6, 6.07) is 9.72. The molecule has 0 radical (unpaired) electrons. The number of hydrogen-bond donors (Lipinski definition) is 1. The van der Waals surface area contributed by atoms with E-state index >= 15 is 0 Å². The van der Waals surface area contributed by atoms with Crippen LogP contribution in [0.5, 0.6) is 0 Å². The van der Waals surface area contributed by atoms with Crippen LogP contribution >= 0.6 is 0 Å². The molecule has 0 saturated heterocycles. The Kier molecular flexibility index (Phi) is 7.86. The number of hydrogen-bond acceptors (Lipinski definition) is 2. The third-order valence-electron chi connectivity index (χ3n) is 4.35. The van der Waals surface area contributed by atoms with E-state index in [-0.39, 0.29) is 0 Å². The van der Waals surface area contributed by atoms with Crippen LogP contribution in [0.4, 0.5) is 0 Å². The average Bonchev–Trinajstić information content (AvgIpc) is 2.50. The first kappa shape index (κ1) is 17.2. The molecule has 20 heavy (non-hydrogen) atoms. The molecule has 1 aromatic rings.